The van der Waals surface area contributed by atoms with E-state index >= 15 is 0 Å². The van der Waals surface area contributed by atoms with Crippen LogP contribution in [0.5, 0.6) is 23.5 Å². The van der Waals surface area contributed by atoms with Crippen molar-refractivity contribution >= 4 is 23.2 Å². The van der Waals surface area contributed by atoms with Crippen molar-refractivity contribution in [3.63, 3.8) is 0 Å². The second-order valence-corrected chi connectivity index (χ2v) is 5.80. The summed E-state index contributed by atoms with van der Waals surface area (Å²) in [5.41, 5.74) is 6.20. The van der Waals surface area contributed by atoms with Crippen LogP contribution in [-0.2, 0) is 0 Å². The molecule has 0 aliphatic rings. The van der Waals surface area contributed by atoms with Gasteiger partial charge in [0.05, 0.1) is 36.6 Å². The third kappa shape index (κ3) is 4.60. The first-order chi connectivity index (χ1) is 13.6. The van der Waals surface area contributed by atoms with E-state index in [1.807, 2.05) is 0 Å². The fourth-order valence-corrected chi connectivity index (χ4v) is 2.42. The number of hydrogen-bond acceptors (Lipinski definition) is 7. The minimum atomic E-state index is -0.426. The van der Waals surface area contributed by atoms with Crippen molar-refractivity contribution in [1.82, 2.24) is 15.4 Å². The second-order valence-electron chi connectivity index (χ2n) is 5.39. The van der Waals surface area contributed by atoms with Crippen molar-refractivity contribution in [3.8, 4) is 23.5 Å². The maximum Gasteiger partial charge on any atom is 0.328 e. The third-order valence-electron chi connectivity index (χ3n) is 3.59. The van der Waals surface area contributed by atoms with Gasteiger partial charge in [0.25, 0.3) is 5.91 Å². The fourth-order valence-electron chi connectivity index (χ4n) is 2.23. The number of amides is 1. The molecule has 1 heterocycles. The van der Waals surface area contributed by atoms with Gasteiger partial charge in [0, 0.05) is 0 Å². The molecule has 144 valence electrons. The van der Waals surface area contributed by atoms with Crippen molar-refractivity contribution in [3.05, 3.63) is 65.2 Å². The van der Waals surface area contributed by atoms with Crippen LogP contribution in [0.3, 0.4) is 0 Å². The number of nitrogens with zero attached hydrogens (tertiary/aromatic N) is 2. The van der Waals surface area contributed by atoms with Crippen molar-refractivity contribution in [2.75, 3.05) is 19.6 Å². The van der Waals surface area contributed by atoms with Crippen molar-refractivity contribution < 1.29 is 19.0 Å². The van der Waals surface area contributed by atoms with Crippen LogP contribution in [0.2, 0.25) is 5.02 Å². The minimum absolute atomic E-state index is 0.0180. The lowest BCUT2D eigenvalue weighted by Crippen LogP contribution is -2.29. The van der Waals surface area contributed by atoms with E-state index in [0.717, 1.165) is 0 Å². The van der Waals surface area contributed by atoms with Crippen LogP contribution in [0.1, 0.15) is 10.4 Å². The van der Waals surface area contributed by atoms with E-state index in [-0.39, 0.29) is 29.1 Å². The van der Waals surface area contributed by atoms with E-state index in [4.69, 9.17) is 25.8 Å². The van der Waals surface area contributed by atoms with Gasteiger partial charge in [-0.25, -0.2) is 0 Å². The molecule has 0 atom stereocenters. The molecule has 0 radical (unpaired) electrons. The molecule has 0 aliphatic heterocycles. The first kappa shape index (κ1) is 19.2. The van der Waals surface area contributed by atoms with Gasteiger partial charge in [0.2, 0.25) is 11.8 Å². The highest BCUT2D eigenvalue weighted by atomic mass is 35.5. The number of benzene rings is 2. The van der Waals surface area contributed by atoms with Gasteiger partial charge in [0.1, 0.15) is 5.75 Å². The molecule has 0 fully saturated rings. The molecule has 0 unspecified atom stereocenters. The molecule has 3 aromatic rings. The van der Waals surface area contributed by atoms with E-state index in [2.05, 4.69) is 20.8 Å². The van der Waals surface area contributed by atoms with Gasteiger partial charge in [-0.05, 0) is 24.3 Å². The Morgan fingerprint density at radius 2 is 1.61 bits per heavy atom. The number of rotatable bonds is 7. The number of hydrogen-bond donors (Lipinski definition) is 2. The largest absolute Gasteiger partial charge is 0.481 e. The molecule has 28 heavy (non-hydrogen) atoms. The Morgan fingerprint density at radius 1 is 0.964 bits per heavy atom. The molecule has 0 saturated carbocycles. The lowest BCUT2D eigenvalue weighted by molar-refractivity contribution is 0.0960. The van der Waals surface area contributed by atoms with E-state index in [1.165, 1.54) is 20.3 Å². The first-order valence-corrected chi connectivity index (χ1v) is 8.53. The molecule has 8 nitrogen and oxygen atoms in total. The Hall–Kier alpha value is -3.52. The van der Waals surface area contributed by atoms with Crippen molar-refractivity contribution in [1.29, 1.82) is 0 Å². The summed E-state index contributed by atoms with van der Waals surface area (Å²) in [5.74, 6) is 0.370. The number of hydrazine groups is 1. The van der Waals surface area contributed by atoms with Crippen LogP contribution in [0.15, 0.2) is 54.6 Å². The summed E-state index contributed by atoms with van der Waals surface area (Å²) in [6.07, 6.45) is 0. The normalized spacial score (nSPS) is 10.1. The molecule has 1 amide bonds. The van der Waals surface area contributed by atoms with Gasteiger partial charge in [0.15, 0.2) is 0 Å². The standard InChI is InChI=1S/C19H17ClN4O4/c1-26-16-11-17(27-2)22-19(21-16)28-15-10-6-3-7-12(15)18(25)24-23-14-9-5-4-8-13(14)20/h3-11,23H,1-2H3,(H,24,25). The average molecular weight is 401 g/mol. The SMILES string of the molecule is COc1cc(OC)nc(Oc2ccccc2C(=O)NNc2ccccc2Cl)n1. The van der Waals surface area contributed by atoms with Gasteiger partial charge >= 0.3 is 6.01 Å². The van der Waals surface area contributed by atoms with Gasteiger partial charge in [-0.1, -0.05) is 35.9 Å². The smallest absolute Gasteiger partial charge is 0.328 e. The second kappa shape index (κ2) is 8.92. The van der Waals surface area contributed by atoms with E-state index in [1.54, 1.807) is 48.5 Å². The maximum absolute atomic E-state index is 12.6. The zero-order valence-electron chi connectivity index (χ0n) is 15.1. The average Bonchev–Trinajstić information content (AvgIpc) is 2.73. The fraction of sp³-hybridized carbons (Fsp3) is 0.105. The van der Waals surface area contributed by atoms with Gasteiger partial charge in [-0.15, -0.1) is 0 Å². The number of ether oxygens (including phenoxy) is 3. The number of para-hydroxylation sites is 2. The van der Waals surface area contributed by atoms with Crippen LogP contribution in [0.4, 0.5) is 5.69 Å². The summed E-state index contributed by atoms with van der Waals surface area (Å²) in [4.78, 5) is 20.8. The van der Waals surface area contributed by atoms with Crippen LogP contribution in [-0.4, -0.2) is 30.1 Å². The number of aromatic nitrogens is 2. The quantitative estimate of drug-likeness (QED) is 0.584. The zero-order chi connectivity index (χ0) is 19.9. The van der Waals surface area contributed by atoms with Crippen molar-refractivity contribution in [2.24, 2.45) is 0 Å². The predicted molar refractivity (Wildman–Crippen MR) is 104 cm³/mol. The molecule has 1 aromatic heterocycles. The highest BCUT2D eigenvalue weighted by Crippen LogP contribution is 2.26. The predicted octanol–water partition coefficient (Wildman–Crippen LogP) is 3.70. The number of carbonyl (C=O) groups excluding carboxylic acids is 1. The van der Waals surface area contributed by atoms with Gasteiger partial charge in [-0.3, -0.25) is 15.6 Å². The molecule has 3 rings (SSSR count). The Kier molecular flexibility index (Phi) is 6.13. The van der Waals surface area contributed by atoms with Gasteiger partial charge < -0.3 is 14.2 Å². The van der Waals surface area contributed by atoms with Crippen LogP contribution < -0.4 is 25.1 Å². The van der Waals surface area contributed by atoms with E-state index < -0.39 is 5.91 Å². The number of anilines is 1. The lowest BCUT2D eigenvalue weighted by atomic mass is 10.2. The number of nitrogens with one attached hydrogen (secondary N) is 2. The molecule has 0 aliphatic carbocycles. The topological polar surface area (TPSA) is 94.6 Å². The first-order valence-electron chi connectivity index (χ1n) is 8.15. The summed E-state index contributed by atoms with van der Waals surface area (Å²) in [6, 6.07) is 15.2. The maximum atomic E-state index is 12.6. The zero-order valence-corrected chi connectivity index (χ0v) is 15.9. The molecule has 0 bridgehead atoms. The molecular weight excluding hydrogens is 384 g/mol. The molecule has 0 saturated heterocycles. The third-order valence-corrected chi connectivity index (χ3v) is 3.92. The summed E-state index contributed by atoms with van der Waals surface area (Å²) >= 11 is 6.07. The van der Waals surface area contributed by atoms with E-state index in [9.17, 15) is 4.79 Å². The monoisotopic (exact) mass is 400 g/mol. The molecule has 2 N–H and O–H groups in total. The summed E-state index contributed by atoms with van der Waals surface area (Å²) in [7, 11) is 2.93. The molecule has 9 heteroatoms. The number of methoxy groups -OCH3 is 2. The van der Waals surface area contributed by atoms with Crippen molar-refractivity contribution in [2.45, 2.75) is 0 Å². The lowest BCUT2D eigenvalue weighted by Gasteiger charge is -2.13. The number of carbonyl (C=O) groups is 1. The summed E-state index contributed by atoms with van der Waals surface area (Å²) in [5, 5.41) is 0.476. The van der Waals surface area contributed by atoms with Crippen LogP contribution in [0, 0.1) is 0 Å². The Balaban J connectivity index is 1.79. The Labute approximate surface area is 166 Å². The highest BCUT2D eigenvalue weighted by Gasteiger charge is 2.15. The van der Waals surface area contributed by atoms with E-state index in [0.29, 0.717) is 10.7 Å². The van der Waals surface area contributed by atoms with Crippen LogP contribution >= 0.6 is 11.6 Å². The number of halogens is 1. The summed E-state index contributed by atoms with van der Waals surface area (Å²) in [6.45, 7) is 0. The Bertz CT molecular complexity index is 961. The van der Waals surface area contributed by atoms with Gasteiger partial charge in [-0.2, -0.15) is 9.97 Å². The molecular formula is C19H17ClN4O4. The Morgan fingerprint density at radius 3 is 2.29 bits per heavy atom. The minimum Gasteiger partial charge on any atom is -0.481 e. The highest BCUT2D eigenvalue weighted by molar-refractivity contribution is 6.33. The van der Waals surface area contributed by atoms with Crippen LogP contribution in [0.25, 0.3) is 0 Å². The molecule has 0 spiro atoms. The molecule has 2 aromatic carbocycles. The summed E-state index contributed by atoms with van der Waals surface area (Å²) < 4.78 is 15.9.